The molecule has 170 valence electrons. The monoisotopic (exact) mass is 540 g/mol. The molecule has 0 aliphatic rings. The van der Waals surface area contributed by atoms with Crippen LogP contribution in [-0.2, 0) is 17.8 Å². The molecule has 8 heteroatoms. The lowest BCUT2D eigenvalue weighted by Crippen LogP contribution is -2.38. The van der Waals surface area contributed by atoms with E-state index in [1.54, 1.807) is 14.2 Å². The van der Waals surface area contributed by atoms with E-state index in [0.29, 0.717) is 32.0 Å². The zero-order chi connectivity index (χ0) is 21.6. The van der Waals surface area contributed by atoms with Crippen LogP contribution in [-0.4, -0.2) is 45.7 Å². The maximum Gasteiger partial charge on any atom is 0.222 e. The van der Waals surface area contributed by atoms with Crippen molar-refractivity contribution in [3.8, 4) is 11.5 Å². The van der Waals surface area contributed by atoms with Crippen LogP contribution in [0.1, 0.15) is 24.5 Å². The zero-order valence-corrected chi connectivity index (χ0v) is 20.8. The number of hydrogen-bond donors (Lipinski definition) is 3. The van der Waals surface area contributed by atoms with Crippen molar-refractivity contribution >= 4 is 35.8 Å². The van der Waals surface area contributed by atoms with Crippen LogP contribution in [0.5, 0.6) is 11.5 Å². The Morgan fingerprint density at radius 1 is 0.935 bits per heavy atom. The van der Waals surface area contributed by atoms with Gasteiger partial charge >= 0.3 is 0 Å². The van der Waals surface area contributed by atoms with Gasteiger partial charge in [-0.15, -0.1) is 24.0 Å². The number of amides is 1. The van der Waals surface area contributed by atoms with Gasteiger partial charge in [0.1, 0.15) is 0 Å². The molecule has 0 fully saturated rings. The number of aliphatic imine (C=N–C) groups is 1. The fourth-order valence-electron chi connectivity index (χ4n) is 2.86. The number of rotatable bonds is 11. The second-order valence-corrected chi connectivity index (χ2v) is 6.64. The van der Waals surface area contributed by atoms with E-state index >= 15 is 0 Å². The van der Waals surface area contributed by atoms with E-state index < -0.39 is 0 Å². The summed E-state index contributed by atoms with van der Waals surface area (Å²) in [5.74, 6) is 2.13. The lowest BCUT2D eigenvalue weighted by Gasteiger charge is -2.13. The minimum atomic E-state index is -0.0104. The minimum Gasteiger partial charge on any atom is -0.493 e. The average Bonchev–Trinajstić information content (AvgIpc) is 2.78. The van der Waals surface area contributed by atoms with Crippen molar-refractivity contribution in [2.75, 3.05) is 33.9 Å². The summed E-state index contributed by atoms with van der Waals surface area (Å²) >= 11 is 0. The van der Waals surface area contributed by atoms with Gasteiger partial charge in [-0.05, 0) is 36.6 Å². The second kappa shape index (κ2) is 15.3. The summed E-state index contributed by atoms with van der Waals surface area (Å²) in [4.78, 5) is 16.5. The predicted molar refractivity (Wildman–Crippen MR) is 136 cm³/mol. The molecule has 0 aromatic heterocycles. The van der Waals surface area contributed by atoms with Crippen molar-refractivity contribution in [1.82, 2.24) is 16.0 Å². The molecule has 31 heavy (non-hydrogen) atoms. The SMILES string of the molecule is CCNC(=NCCC(=O)NCc1ccccc1)NCCc1ccc(OC)c(OC)c1.I. The van der Waals surface area contributed by atoms with Crippen LogP contribution in [0.2, 0.25) is 0 Å². The van der Waals surface area contributed by atoms with Crippen molar-refractivity contribution in [3.63, 3.8) is 0 Å². The molecule has 2 aromatic carbocycles. The molecule has 7 nitrogen and oxygen atoms in total. The summed E-state index contributed by atoms with van der Waals surface area (Å²) in [6.07, 6.45) is 1.15. The van der Waals surface area contributed by atoms with E-state index in [1.807, 2.05) is 55.5 Å². The first-order valence-corrected chi connectivity index (χ1v) is 10.2. The van der Waals surface area contributed by atoms with Crippen LogP contribution in [0.4, 0.5) is 0 Å². The fraction of sp³-hybridized carbons (Fsp3) is 0.391. The van der Waals surface area contributed by atoms with Crippen molar-refractivity contribution in [1.29, 1.82) is 0 Å². The molecule has 0 saturated carbocycles. The molecular weight excluding hydrogens is 507 g/mol. The third kappa shape index (κ3) is 9.91. The molecule has 0 heterocycles. The highest BCUT2D eigenvalue weighted by Gasteiger charge is 2.05. The summed E-state index contributed by atoms with van der Waals surface area (Å²) in [5, 5.41) is 9.42. The Labute approximate surface area is 202 Å². The Kier molecular flexibility index (Phi) is 13.1. The number of benzene rings is 2. The topological polar surface area (TPSA) is 84.0 Å². The second-order valence-electron chi connectivity index (χ2n) is 6.64. The standard InChI is InChI=1S/C23H32N4O3.HI/c1-4-24-23(25-14-12-18-10-11-20(29-2)21(16-18)30-3)26-15-13-22(28)27-17-19-8-6-5-7-9-19;/h5-11,16H,4,12-15,17H2,1-3H3,(H,27,28)(H2,24,25,26);1H. The Morgan fingerprint density at radius 2 is 1.68 bits per heavy atom. The highest BCUT2D eigenvalue weighted by Crippen LogP contribution is 2.27. The molecule has 0 aliphatic heterocycles. The quantitative estimate of drug-likeness (QED) is 0.232. The van der Waals surface area contributed by atoms with Crippen LogP contribution < -0.4 is 25.4 Å². The number of carbonyl (C=O) groups is 1. The Morgan fingerprint density at radius 3 is 2.35 bits per heavy atom. The zero-order valence-electron chi connectivity index (χ0n) is 18.4. The largest absolute Gasteiger partial charge is 0.493 e. The number of methoxy groups -OCH3 is 2. The molecule has 0 saturated heterocycles. The van der Waals surface area contributed by atoms with Crippen molar-refractivity contribution < 1.29 is 14.3 Å². The lowest BCUT2D eigenvalue weighted by atomic mass is 10.1. The van der Waals surface area contributed by atoms with Crippen molar-refractivity contribution in [2.24, 2.45) is 4.99 Å². The summed E-state index contributed by atoms with van der Waals surface area (Å²) in [6, 6.07) is 15.8. The Bertz CT molecular complexity index is 816. The summed E-state index contributed by atoms with van der Waals surface area (Å²) in [7, 11) is 3.26. The summed E-state index contributed by atoms with van der Waals surface area (Å²) < 4.78 is 10.6. The molecule has 3 N–H and O–H groups in total. The van der Waals surface area contributed by atoms with Gasteiger partial charge in [0.15, 0.2) is 17.5 Å². The van der Waals surface area contributed by atoms with E-state index in [-0.39, 0.29) is 29.9 Å². The first kappa shape index (κ1) is 26.5. The molecular formula is C23H33IN4O3. The third-order valence-corrected chi connectivity index (χ3v) is 4.44. The predicted octanol–water partition coefficient (Wildman–Crippen LogP) is 3.13. The molecule has 2 rings (SSSR count). The van der Waals surface area contributed by atoms with Crippen LogP contribution >= 0.6 is 24.0 Å². The smallest absolute Gasteiger partial charge is 0.222 e. The molecule has 0 aliphatic carbocycles. The van der Waals surface area contributed by atoms with E-state index in [0.717, 1.165) is 35.6 Å². The summed E-state index contributed by atoms with van der Waals surface area (Å²) in [6.45, 7) is 4.43. The van der Waals surface area contributed by atoms with Gasteiger partial charge in [0.2, 0.25) is 5.91 Å². The van der Waals surface area contributed by atoms with Gasteiger partial charge in [0.05, 0.1) is 20.8 Å². The first-order chi connectivity index (χ1) is 14.7. The highest BCUT2D eigenvalue weighted by molar-refractivity contribution is 14.0. The molecule has 0 unspecified atom stereocenters. The van der Waals surface area contributed by atoms with Crippen LogP contribution in [0.3, 0.4) is 0 Å². The fourth-order valence-corrected chi connectivity index (χ4v) is 2.86. The number of nitrogens with one attached hydrogen (secondary N) is 3. The molecule has 0 radical (unpaired) electrons. The highest BCUT2D eigenvalue weighted by atomic mass is 127. The van der Waals surface area contributed by atoms with Gasteiger partial charge in [-0.2, -0.15) is 0 Å². The van der Waals surface area contributed by atoms with Crippen molar-refractivity contribution in [2.45, 2.75) is 26.3 Å². The summed E-state index contributed by atoms with van der Waals surface area (Å²) in [5.41, 5.74) is 2.22. The van der Waals surface area contributed by atoms with E-state index in [4.69, 9.17) is 9.47 Å². The van der Waals surface area contributed by atoms with E-state index in [9.17, 15) is 4.79 Å². The van der Waals surface area contributed by atoms with Crippen LogP contribution in [0, 0.1) is 0 Å². The maximum absolute atomic E-state index is 12.0. The maximum atomic E-state index is 12.0. The number of nitrogens with zero attached hydrogens (tertiary/aromatic N) is 1. The van der Waals surface area contributed by atoms with Crippen LogP contribution in [0.25, 0.3) is 0 Å². The normalized spacial score (nSPS) is 10.6. The Balaban J connectivity index is 0.00000480. The molecule has 0 spiro atoms. The average molecular weight is 540 g/mol. The van der Waals surface area contributed by atoms with E-state index in [2.05, 4.69) is 20.9 Å². The van der Waals surface area contributed by atoms with E-state index in [1.165, 1.54) is 0 Å². The minimum absolute atomic E-state index is 0. The van der Waals surface area contributed by atoms with Gasteiger partial charge in [-0.1, -0.05) is 36.4 Å². The lowest BCUT2D eigenvalue weighted by molar-refractivity contribution is -0.121. The number of ether oxygens (including phenoxy) is 2. The number of hydrogen-bond acceptors (Lipinski definition) is 4. The molecule has 2 aromatic rings. The van der Waals surface area contributed by atoms with Gasteiger partial charge in [0, 0.05) is 26.1 Å². The number of carbonyl (C=O) groups excluding carboxylic acids is 1. The van der Waals surface area contributed by atoms with Gasteiger partial charge in [0.25, 0.3) is 0 Å². The molecule has 1 amide bonds. The third-order valence-electron chi connectivity index (χ3n) is 4.44. The van der Waals surface area contributed by atoms with Gasteiger partial charge in [-0.25, -0.2) is 0 Å². The van der Waals surface area contributed by atoms with Crippen LogP contribution in [0.15, 0.2) is 53.5 Å². The number of guanidine groups is 1. The molecule has 0 atom stereocenters. The van der Waals surface area contributed by atoms with Gasteiger partial charge < -0.3 is 25.4 Å². The molecule has 0 bridgehead atoms. The Hall–Kier alpha value is -2.49. The number of halogens is 1. The van der Waals surface area contributed by atoms with Gasteiger partial charge in [-0.3, -0.25) is 9.79 Å². The first-order valence-electron chi connectivity index (χ1n) is 10.2. The van der Waals surface area contributed by atoms with Crippen molar-refractivity contribution in [3.05, 3.63) is 59.7 Å².